The predicted octanol–water partition coefficient (Wildman–Crippen LogP) is 5.17. The average Bonchev–Trinajstić information content (AvgIpc) is 3.13. The Morgan fingerprint density at radius 2 is 1.93 bits per heavy atom. The molecule has 27 heavy (non-hydrogen) atoms. The molecule has 2 aromatic carbocycles. The Bertz CT molecular complexity index is 932. The zero-order valence-electron chi connectivity index (χ0n) is 14.2. The van der Waals surface area contributed by atoms with Gasteiger partial charge in [0.2, 0.25) is 11.8 Å². The number of carbonyl (C=O) groups is 1. The van der Waals surface area contributed by atoms with Crippen molar-refractivity contribution in [2.24, 2.45) is 0 Å². The van der Waals surface area contributed by atoms with E-state index in [9.17, 15) is 4.79 Å². The van der Waals surface area contributed by atoms with E-state index in [4.69, 9.17) is 32.4 Å². The first-order valence-electron chi connectivity index (χ1n) is 7.99. The number of rotatable bonds is 7. The summed E-state index contributed by atoms with van der Waals surface area (Å²) in [6.07, 6.45) is 0. The molecule has 1 N–H and O–H groups in total. The summed E-state index contributed by atoms with van der Waals surface area (Å²) in [4.78, 5) is 12.0. The van der Waals surface area contributed by atoms with Crippen molar-refractivity contribution in [3.05, 3.63) is 52.5 Å². The molecule has 0 bridgehead atoms. The lowest BCUT2D eigenvalue weighted by Crippen LogP contribution is -2.13. The number of carbonyl (C=O) groups excluding carboxylic acids is 1. The molecule has 9 heteroatoms. The molecule has 0 aliphatic rings. The first-order chi connectivity index (χ1) is 13.0. The van der Waals surface area contributed by atoms with Crippen LogP contribution in [-0.2, 0) is 4.79 Å². The Labute approximate surface area is 170 Å². The molecule has 0 unspecified atom stereocenters. The molecule has 0 radical (unpaired) electrons. The van der Waals surface area contributed by atoms with Crippen LogP contribution in [0.5, 0.6) is 5.75 Å². The van der Waals surface area contributed by atoms with E-state index in [0.717, 1.165) is 23.1 Å². The SMILES string of the molecule is CCOc1ccc(-c2nnc(SCC(=O)Nc3ccc(Cl)c(Cl)c3)o2)cc1. The van der Waals surface area contributed by atoms with Crippen molar-refractivity contribution >= 4 is 46.6 Å². The van der Waals surface area contributed by atoms with Crippen LogP contribution in [0.4, 0.5) is 5.69 Å². The lowest BCUT2D eigenvalue weighted by Gasteiger charge is -2.05. The minimum atomic E-state index is -0.223. The fraction of sp³-hybridized carbons (Fsp3) is 0.167. The molecule has 0 aliphatic heterocycles. The van der Waals surface area contributed by atoms with Crippen LogP contribution in [-0.4, -0.2) is 28.5 Å². The van der Waals surface area contributed by atoms with Crippen molar-refractivity contribution in [2.45, 2.75) is 12.1 Å². The molecule has 0 spiro atoms. The van der Waals surface area contributed by atoms with Crippen LogP contribution in [0.1, 0.15) is 6.92 Å². The Kier molecular flexibility index (Phi) is 6.60. The molecule has 0 fully saturated rings. The highest BCUT2D eigenvalue weighted by Crippen LogP contribution is 2.27. The molecule has 0 aliphatic carbocycles. The monoisotopic (exact) mass is 423 g/mol. The molecule has 0 saturated heterocycles. The smallest absolute Gasteiger partial charge is 0.277 e. The first kappa shape index (κ1) is 19.5. The summed E-state index contributed by atoms with van der Waals surface area (Å²) in [7, 11) is 0. The summed E-state index contributed by atoms with van der Waals surface area (Å²) >= 11 is 12.9. The number of nitrogens with zero attached hydrogens (tertiary/aromatic N) is 2. The number of halogens is 2. The molecule has 3 rings (SSSR count). The van der Waals surface area contributed by atoms with Crippen molar-refractivity contribution in [3.8, 4) is 17.2 Å². The number of benzene rings is 2. The van der Waals surface area contributed by atoms with Crippen LogP contribution in [0.2, 0.25) is 10.0 Å². The van der Waals surface area contributed by atoms with Gasteiger partial charge in [-0.05, 0) is 49.4 Å². The number of hydrogen-bond donors (Lipinski definition) is 1. The molecule has 1 heterocycles. The Morgan fingerprint density at radius 3 is 2.63 bits per heavy atom. The third kappa shape index (κ3) is 5.38. The molecule has 1 amide bonds. The van der Waals surface area contributed by atoms with E-state index in [1.807, 2.05) is 31.2 Å². The van der Waals surface area contributed by atoms with Crippen molar-refractivity contribution in [1.82, 2.24) is 10.2 Å². The molecule has 0 saturated carbocycles. The third-order valence-electron chi connectivity index (χ3n) is 3.35. The van der Waals surface area contributed by atoms with Crippen LogP contribution >= 0.6 is 35.0 Å². The summed E-state index contributed by atoms with van der Waals surface area (Å²) in [6.45, 7) is 2.53. The van der Waals surface area contributed by atoms with Crippen LogP contribution in [0.15, 0.2) is 52.1 Å². The van der Waals surface area contributed by atoms with E-state index in [1.165, 1.54) is 0 Å². The number of thioether (sulfide) groups is 1. The Hall–Kier alpha value is -2.22. The number of nitrogens with one attached hydrogen (secondary N) is 1. The van der Waals surface area contributed by atoms with Gasteiger partial charge < -0.3 is 14.5 Å². The molecule has 0 atom stereocenters. The Morgan fingerprint density at radius 1 is 1.15 bits per heavy atom. The van der Waals surface area contributed by atoms with Crippen LogP contribution in [0, 0.1) is 0 Å². The number of anilines is 1. The Balaban J connectivity index is 1.55. The topological polar surface area (TPSA) is 77.2 Å². The zero-order chi connectivity index (χ0) is 19.2. The molecular weight excluding hydrogens is 409 g/mol. The van der Waals surface area contributed by atoms with E-state index in [0.29, 0.717) is 33.5 Å². The van der Waals surface area contributed by atoms with Crippen LogP contribution in [0.25, 0.3) is 11.5 Å². The molecule has 6 nitrogen and oxygen atoms in total. The summed E-state index contributed by atoms with van der Waals surface area (Å²) in [5.41, 5.74) is 1.34. The van der Waals surface area contributed by atoms with E-state index >= 15 is 0 Å². The highest BCUT2D eigenvalue weighted by Gasteiger charge is 2.12. The van der Waals surface area contributed by atoms with Crippen molar-refractivity contribution < 1.29 is 13.9 Å². The summed E-state index contributed by atoms with van der Waals surface area (Å²) in [5, 5.41) is 11.8. The third-order valence-corrected chi connectivity index (χ3v) is 4.91. The van der Waals surface area contributed by atoms with Gasteiger partial charge in [-0.3, -0.25) is 4.79 Å². The van der Waals surface area contributed by atoms with E-state index < -0.39 is 0 Å². The maximum absolute atomic E-state index is 12.0. The van der Waals surface area contributed by atoms with Gasteiger partial charge in [0.15, 0.2) is 0 Å². The van der Waals surface area contributed by atoms with Gasteiger partial charge in [-0.25, -0.2) is 0 Å². The molecule has 3 aromatic rings. The number of amides is 1. The van der Waals surface area contributed by atoms with Gasteiger partial charge in [-0.15, -0.1) is 10.2 Å². The van der Waals surface area contributed by atoms with Gasteiger partial charge >= 0.3 is 0 Å². The van der Waals surface area contributed by atoms with Gasteiger partial charge in [0.25, 0.3) is 5.22 Å². The highest BCUT2D eigenvalue weighted by molar-refractivity contribution is 7.99. The number of hydrogen-bond acceptors (Lipinski definition) is 6. The number of aromatic nitrogens is 2. The second-order valence-corrected chi connectivity index (χ2v) is 7.04. The first-order valence-corrected chi connectivity index (χ1v) is 9.73. The molecular formula is C18H15Cl2N3O3S. The lowest BCUT2D eigenvalue weighted by atomic mass is 10.2. The second kappa shape index (κ2) is 9.12. The number of ether oxygens (including phenoxy) is 1. The van der Waals surface area contributed by atoms with Crippen molar-refractivity contribution in [1.29, 1.82) is 0 Å². The second-order valence-electron chi connectivity index (χ2n) is 5.30. The van der Waals surface area contributed by atoms with E-state index in [1.54, 1.807) is 18.2 Å². The largest absolute Gasteiger partial charge is 0.494 e. The van der Waals surface area contributed by atoms with Crippen molar-refractivity contribution in [3.63, 3.8) is 0 Å². The fourth-order valence-corrected chi connectivity index (χ4v) is 3.00. The minimum Gasteiger partial charge on any atom is -0.494 e. The average molecular weight is 424 g/mol. The van der Waals surface area contributed by atoms with Gasteiger partial charge in [0.05, 0.1) is 22.4 Å². The predicted molar refractivity (Wildman–Crippen MR) is 107 cm³/mol. The minimum absolute atomic E-state index is 0.116. The quantitative estimate of drug-likeness (QED) is 0.527. The van der Waals surface area contributed by atoms with Gasteiger partial charge in [0.1, 0.15) is 5.75 Å². The lowest BCUT2D eigenvalue weighted by molar-refractivity contribution is -0.113. The van der Waals surface area contributed by atoms with Crippen LogP contribution < -0.4 is 10.1 Å². The fourth-order valence-electron chi connectivity index (χ4n) is 2.14. The standard InChI is InChI=1S/C18H15Cl2N3O3S/c1-2-25-13-6-3-11(4-7-13)17-22-23-18(26-17)27-10-16(24)21-12-5-8-14(19)15(20)9-12/h3-9H,2,10H2,1H3,(H,21,24). The molecule has 1 aromatic heterocycles. The van der Waals surface area contributed by atoms with Gasteiger partial charge in [0, 0.05) is 11.3 Å². The normalized spacial score (nSPS) is 10.6. The highest BCUT2D eigenvalue weighted by atomic mass is 35.5. The zero-order valence-corrected chi connectivity index (χ0v) is 16.6. The summed E-state index contributed by atoms with van der Waals surface area (Å²) < 4.78 is 11.0. The van der Waals surface area contributed by atoms with E-state index in [2.05, 4.69) is 15.5 Å². The van der Waals surface area contributed by atoms with Gasteiger partial charge in [-0.2, -0.15) is 0 Å². The summed E-state index contributed by atoms with van der Waals surface area (Å²) in [5.74, 6) is 1.05. The maximum Gasteiger partial charge on any atom is 0.277 e. The van der Waals surface area contributed by atoms with Gasteiger partial charge in [-0.1, -0.05) is 35.0 Å². The maximum atomic E-state index is 12.0. The summed E-state index contributed by atoms with van der Waals surface area (Å²) in [6, 6.07) is 12.2. The van der Waals surface area contributed by atoms with E-state index in [-0.39, 0.29) is 11.7 Å². The van der Waals surface area contributed by atoms with Crippen LogP contribution in [0.3, 0.4) is 0 Å². The molecule has 140 valence electrons. The van der Waals surface area contributed by atoms with Crippen molar-refractivity contribution in [2.75, 3.05) is 17.7 Å².